The highest BCUT2D eigenvalue weighted by Gasteiger charge is 2.22. The Labute approximate surface area is 102 Å². The second kappa shape index (κ2) is 5.77. The van der Waals surface area contributed by atoms with Gasteiger partial charge in [-0.25, -0.2) is 0 Å². The number of nitrogens with zero attached hydrogens (tertiary/aromatic N) is 2. The normalized spacial score (nSPS) is 21.4. The number of nitrogens with one attached hydrogen (secondary N) is 1. The zero-order chi connectivity index (χ0) is 12.1. The van der Waals surface area contributed by atoms with Crippen LogP contribution in [0.1, 0.15) is 19.0 Å². The molecular weight excluding hydrogens is 214 g/mol. The summed E-state index contributed by atoms with van der Waals surface area (Å²) in [5, 5.41) is 3.22. The van der Waals surface area contributed by atoms with Crippen molar-refractivity contribution in [2.45, 2.75) is 25.8 Å². The minimum atomic E-state index is -0.0544. The van der Waals surface area contributed by atoms with Crippen LogP contribution in [-0.4, -0.2) is 41.5 Å². The van der Waals surface area contributed by atoms with Crippen molar-refractivity contribution in [2.24, 2.45) is 0 Å². The Kier molecular flexibility index (Phi) is 4.09. The molecule has 1 aliphatic rings. The highest BCUT2D eigenvalue weighted by atomic mass is 16.2. The summed E-state index contributed by atoms with van der Waals surface area (Å²) in [5.41, 5.74) is 1.05. The molecule has 0 bridgehead atoms. The molecule has 4 nitrogen and oxygen atoms in total. The van der Waals surface area contributed by atoms with E-state index in [1.54, 1.807) is 6.20 Å². The number of amides is 1. The van der Waals surface area contributed by atoms with Gasteiger partial charge in [-0.05, 0) is 32.0 Å². The van der Waals surface area contributed by atoms with Gasteiger partial charge in [0.25, 0.3) is 0 Å². The molecule has 1 unspecified atom stereocenters. The van der Waals surface area contributed by atoms with Gasteiger partial charge in [0.15, 0.2) is 0 Å². The number of hydrogen-bond acceptors (Lipinski definition) is 3. The first kappa shape index (κ1) is 12.0. The fraction of sp³-hybridized carbons (Fsp3) is 0.538. The van der Waals surface area contributed by atoms with E-state index in [4.69, 9.17) is 0 Å². The first-order chi connectivity index (χ1) is 8.27. The van der Waals surface area contributed by atoms with Crippen LogP contribution >= 0.6 is 0 Å². The maximum Gasteiger partial charge on any atom is 0.239 e. The lowest BCUT2D eigenvalue weighted by Crippen LogP contribution is -2.42. The molecule has 17 heavy (non-hydrogen) atoms. The summed E-state index contributed by atoms with van der Waals surface area (Å²) in [6.07, 6.45) is 3.65. The van der Waals surface area contributed by atoms with Gasteiger partial charge in [0, 0.05) is 31.4 Å². The standard InChI is InChI=1S/C13H19N3O/c1-11-13(17)16(9-4-8-14-11)10-6-12-5-2-3-7-15-12/h2-3,5,7,11,14H,4,6,8-10H2,1H3. The summed E-state index contributed by atoms with van der Waals surface area (Å²) in [6, 6.07) is 5.84. The number of carbonyl (C=O) groups excluding carboxylic acids is 1. The summed E-state index contributed by atoms with van der Waals surface area (Å²) >= 11 is 0. The lowest BCUT2D eigenvalue weighted by molar-refractivity contribution is -0.132. The van der Waals surface area contributed by atoms with Crippen LogP contribution in [0.4, 0.5) is 0 Å². The van der Waals surface area contributed by atoms with Crippen LogP contribution in [-0.2, 0) is 11.2 Å². The molecule has 0 saturated carbocycles. The van der Waals surface area contributed by atoms with Gasteiger partial charge in [-0.2, -0.15) is 0 Å². The van der Waals surface area contributed by atoms with Crippen molar-refractivity contribution < 1.29 is 4.79 Å². The van der Waals surface area contributed by atoms with Gasteiger partial charge < -0.3 is 10.2 Å². The Morgan fingerprint density at radius 1 is 1.53 bits per heavy atom. The van der Waals surface area contributed by atoms with Crippen molar-refractivity contribution in [3.05, 3.63) is 30.1 Å². The Bertz CT molecular complexity index is 366. The average molecular weight is 233 g/mol. The summed E-state index contributed by atoms with van der Waals surface area (Å²) in [7, 11) is 0. The first-order valence-corrected chi connectivity index (χ1v) is 6.19. The SMILES string of the molecule is CC1NCCCN(CCc2ccccn2)C1=O. The highest BCUT2D eigenvalue weighted by Crippen LogP contribution is 2.04. The van der Waals surface area contributed by atoms with E-state index in [1.165, 1.54) is 0 Å². The fourth-order valence-corrected chi connectivity index (χ4v) is 2.08. The van der Waals surface area contributed by atoms with E-state index in [2.05, 4.69) is 10.3 Å². The second-order valence-electron chi connectivity index (χ2n) is 4.43. The minimum absolute atomic E-state index is 0.0544. The molecule has 2 heterocycles. The first-order valence-electron chi connectivity index (χ1n) is 6.19. The average Bonchev–Trinajstić information content (AvgIpc) is 2.52. The molecule has 0 aromatic carbocycles. The summed E-state index contributed by atoms with van der Waals surface area (Å²) in [5.74, 6) is 0.207. The molecule has 0 aliphatic carbocycles. The molecule has 1 saturated heterocycles. The largest absolute Gasteiger partial charge is 0.341 e. The van der Waals surface area contributed by atoms with Gasteiger partial charge >= 0.3 is 0 Å². The molecule has 1 amide bonds. The minimum Gasteiger partial charge on any atom is -0.341 e. The number of hydrogen-bond donors (Lipinski definition) is 1. The van der Waals surface area contributed by atoms with Gasteiger partial charge in [0.1, 0.15) is 0 Å². The van der Waals surface area contributed by atoms with E-state index >= 15 is 0 Å². The van der Waals surface area contributed by atoms with Crippen LogP contribution in [0.3, 0.4) is 0 Å². The Morgan fingerprint density at radius 3 is 3.18 bits per heavy atom. The van der Waals surface area contributed by atoms with Gasteiger partial charge in [-0.1, -0.05) is 6.07 Å². The zero-order valence-electron chi connectivity index (χ0n) is 10.2. The molecular formula is C13H19N3O. The molecule has 92 valence electrons. The predicted octanol–water partition coefficient (Wildman–Crippen LogP) is 0.834. The lowest BCUT2D eigenvalue weighted by Gasteiger charge is -2.22. The quantitative estimate of drug-likeness (QED) is 0.841. The monoisotopic (exact) mass is 233 g/mol. The van der Waals surface area contributed by atoms with Crippen LogP contribution in [0.5, 0.6) is 0 Å². The van der Waals surface area contributed by atoms with E-state index in [0.717, 1.165) is 38.2 Å². The van der Waals surface area contributed by atoms with E-state index < -0.39 is 0 Å². The van der Waals surface area contributed by atoms with Crippen molar-refractivity contribution in [2.75, 3.05) is 19.6 Å². The van der Waals surface area contributed by atoms with Crippen molar-refractivity contribution in [3.63, 3.8) is 0 Å². The Balaban J connectivity index is 1.91. The Hall–Kier alpha value is -1.42. The smallest absolute Gasteiger partial charge is 0.239 e. The van der Waals surface area contributed by atoms with E-state index in [-0.39, 0.29) is 11.9 Å². The van der Waals surface area contributed by atoms with E-state index in [9.17, 15) is 4.79 Å². The molecule has 1 N–H and O–H groups in total. The van der Waals surface area contributed by atoms with Crippen molar-refractivity contribution >= 4 is 5.91 Å². The third-order valence-corrected chi connectivity index (χ3v) is 3.10. The maximum atomic E-state index is 12.0. The number of carbonyl (C=O) groups is 1. The molecule has 0 spiro atoms. The van der Waals surface area contributed by atoms with Crippen molar-refractivity contribution in [1.82, 2.24) is 15.2 Å². The predicted molar refractivity (Wildman–Crippen MR) is 66.6 cm³/mol. The summed E-state index contributed by atoms with van der Waals surface area (Å²) < 4.78 is 0. The maximum absolute atomic E-state index is 12.0. The molecule has 1 fully saturated rings. The number of aromatic nitrogens is 1. The number of rotatable bonds is 3. The van der Waals surface area contributed by atoms with Crippen LogP contribution in [0.2, 0.25) is 0 Å². The van der Waals surface area contributed by atoms with Crippen LogP contribution < -0.4 is 5.32 Å². The van der Waals surface area contributed by atoms with Crippen molar-refractivity contribution in [1.29, 1.82) is 0 Å². The number of pyridine rings is 1. The molecule has 4 heteroatoms. The molecule has 1 aliphatic heterocycles. The zero-order valence-corrected chi connectivity index (χ0v) is 10.2. The van der Waals surface area contributed by atoms with Crippen LogP contribution in [0.25, 0.3) is 0 Å². The summed E-state index contributed by atoms with van der Waals surface area (Å²) in [4.78, 5) is 18.2. The fourth-order valence-electron chi connectivity index (χ4n) is 2.08. The van der Waals surface area contributed by atoms with Gasteiger partial charge in [-0.15, -0.1) is 0 Å². The summed E-state index contributed by atoms with van der Waals surface area (Å²) in [6.45, 7) is 4.47. The van der Waals surface area contributed by atoms with Gasteiger partial charge in [-0.3, -0.25) is 9.78 Å². The third-order valence-electron chi connectivity index (χ3n) is 3.10. The highest BCUT2D eigenvalue weighted by molar-refractivity contribution is 5.81. The topological polar surface area (TPSA) is 45.2 Å². The van der Waals surface area contributed by atoms with Crippen molar-refractivity contribution in [3.8, 4) is 0 Å². The third kappa shape index (κ3) is 3.27. The molecule has 2 rings (SSSR count). The van der Waals surface area contributed by atoms with E-state index in [1.807, 2.05) is 30.0 Å². The van der Waals surface area contributed by atoms with E-state index in [0.29, 0.717) is 0 Å². The van der Waals surface area contributed by atoms with Crippen LogP contribution in [0, 0.1) is 0 Å². The van der Waals surface area contributed by atoms with Gasteiger partial charge in [0.05, 0.1) is 6.04 Å². The lowest BCUT2D eigenvalue weighted by atomic mass is 10.2. The van der Waals surface area contributed by atoms with Gasteiger partial charge in [0.2, 0.25) is 5.91 Å². The molecule has 1 atom stereocenters. The second-order valence-corrected chi connectivity index (χ2v) is 4.43. The van der Waals surface area contributed by atoms with Crippen LogP contribution in [0.15, 0.2) is 24.4 Å². The Morgan fingerprint density at radius 2 is 2.41 bits per heavy atom. The molecule has 0 radical (unpaired) electrons. The molecule has 1 aromatic rings. The molecule has 1 aromatic heterocycles.